The summed E-state index contributed by atoms with van der Waals surface area (Å²) in [5.74, 6) is -0.453. The van der Waals surface area contributed by atoms with Crippen LogP contribution in [-0.4, -0.2) is 34.5 Å². The Kier molecular flexibility index (Phi) is 3.47. The lowest BCUT2D eigenvalue weighted by Crippen LogP contribution is -2.17. The highest BCUT2D eigenvalue weighted by Crippen LogP contribution is 2.17. The van der Waals surface area contributed by atoms with Crippen molar-refractivity contribution in [1.29, 1.82) is 0 Å². The second-order valence-corrected chi connectivity index (χ2v) is 3.61. The Morgan fingerprint density at radius 1 is 1.50 bits per heavy atom. The van der Waals surface area contributed by atoms with Crippen LogP contribution in [0.5, 0.6) is 0 Å². The Balaban J connectivity index is 2.57. The van der Waals surface area contributed by atoms with Crippen LogP contribution in [0.4, 0.5) is 0 Å². The number of hydrogen-bond acceptors (Lipinski definition) is 5. The fraction of sp³-hybridized carbons (Fsp3) is 0.333. The van der Waals surface area contributed by atoms with Crippen LogP contribution in [0.2, 0.25) is 0 Å². The lowest BCUT2D eigenvalue weighted by atomic mass is 10.2. The van der Waals surface area contributed by atoms with Crippen molar-refractivity contribution >= 4 is 17.0 Å². The number of aliphatic hydroxyl groups is 1. The Labute approximate surface area is 104 Å². The van der Waals surface area contributed by atoms with Crippen molar-refractivity contribution in [2.75, 3.05) is 13.7 Å². The van der Waals surface area contributed by atoms with Gasteiger partial charge in [-0.1, -0.05) is 6.07 Å². The number of esters is 1. The molecule has 0 saturated heterocycles. The predicted molar refractivity (Wildman–Crippen MR) is 64.1 cm³/mol. The third-order valence-electron chi connectivity index (χ3n) is 2.50. The van der Waals surface area contributed by atoms with Crippen LogP contribution in [0, 0.1) is 0 Å². The summed E-state index contributed by atoms with van der Waals surface area (Å²) in [6.07, 6.45) is 0. The number of ether oxygens (including phenoxy) is 1. The molecule has 1 heterocycles. The molecular formula is C12H14N2O4. The van der Waals surface area contributed by atoms with E-state index in [1.807, 2.05) is 0 Å². The molecule has 6 nitrogen and oxygen atoms in total. The van der Waals surface area contributed by atoms with Crippen molar-refractivity contribution in [1.82, 2.24) is 9.71 Å². The van der Waals surface area contributed by atoms with E-state index in [4.69, 9.17) is 14.7 Å². The van der Waals surface area contributed by atoms with Crippen molar-refractivity contribution < 1.29 is 19.5 Å². The lowest BCUT2D eigenvalue weighted by molar-refractivity contribution is 0.0467. The summed E-state index contributed by atoms with van der Waals surface area (Å²) in [4.78, 5) is 21.0. The van der Waals surface area contributed by atoms with Crippen LogP contribution < -0.4 is 4.84 Å². The molecule has 0 aliphatic rings. The topological polar surface area (TPSA) is 73.6 Å². The summed E-state index contributed by atoms with van der Waals surface area (Å²) in [7, 11) is 1.44. The van der Waals surface area contributed by atoms with Gasteiger partial charge in [0, 0.05) is 0 Å². The smallest absolute Gasteiger partial charge is 0.377 e. The van der Waals surface area contributed by atoms with Crippen molar-refractivity contribution in [3.05, 3.63) is 29.6 Å². The molecule has 1 N–H and O–H groups in total. The summed E-state index contributed by atoms with van der Waals surface area (Å²) in [5, 5.41) is 9.10. The van der Waals surface area contributed by atoms with Gasteiger partial charge in [-0.3, -0.25) is 0 Å². The number of carbonyl (C=O) groups excluding carboxylic acids is 1. The van der Waals surface area contributed by atoms with E-state index in [1.54, 1.807) is 25.1 Å². The highest BCUT2D eigenvalue weighted by atomic mass is 16.7. The Morgan fingerprint density at radius 2 is 2.28 bits per heavy atom. The molecular weight excluding hydrogens is 236 g/mol. The summed E-state index contributed by atoms with van der Waals surface area (Å²) in [6.45, 7) is 1.91. The minimum atomic E-state index is -0.541. The van der Waals surface area contributed by atoms with Gasteiger partial charge in [-0.15, -0.1) is 0 Å². The number of imidazole rings is 1. The van der Waals surface area contributed by atoms with E-state index < -0.39 is 5.97 Å². The van der Waals surface area contributed by atoms with E-state index in [1.165, 1.54) is 11.8 Å². The molecule has 18 heavy (non-hydrogen) atoms. The Hall–Kier alpha value is -2.08. The number of nitrogens with zero attached hydrogens (tertiary/aromatic N) is 2. The number of aromatic nitrogens is 2. The van der Waals surface area contributed by atoms with Crippen LogP contribution in [0.1, 0.15) is 23.1 Å². The van der Waals surface area contributed by atoms with E-state index in [0.29, 0.717) is 11.0 Å². The first kappa shape index (κ1) is 12.4. The minimum absolute atomic E-state index is 0.0838. The number of fused-ring (bicyclic) bond motifs is 1. The van der Waals surface area contributed by atoms with Gasteiger partial charge in [0.15, 0.2) is 0 Å². The standard InChI is InChI=1S/C12H14N2O4/c1-3-18-12(16)11-13-9-5-4-8(7-15)6-10(9)14(11)17-2/h4-6,15H,3,7H2,1-2H3. The molecule has 96 valence electrons. The first-order valence-electron chi connectivity index (χ1n) is 5.55. The van der Waals surface area contributed by atoms with E-state index in [9.17, 15) is 4.79 Å². The SMILES string of the molecule is CCOC(=O)c1nc2ccc(CO)cc2n1OC. The highest BCUT2D eigenvalue weighted by molar-refractivity contribution is 5.91. The summed E-state index contributed by atoms with van der Waals surface area (Å²) >= 11 is 0. The fourth-order valence-corrected chi connectivity index (χ4v) is 1.71. The van der Waals surface area contributed by atoms with E-state index in [0.717, 1.165) is 5.56 Å². The van der Waals surface area contributed by atoms with E-state index >= 15 is 0 Å². The highest BCUT2D eigenvalue weighted by Gasteiger charge is 2.19. The molecule has 1 aromatic carbocycles. The molecule has 0 aliphatic carbocycles. The third-order valence-corrected chi connectivity index (χ3v) is 2.50. The van der Waals surface area contributed by atoms with Gasteiger partial charge in [-0.25, -0.2) is 9.78 Å². The fourth-order valence-electron chi connectivity index (χ4n) is 1.71. The zero-order valence-corrected chi connectivity index (χ0v) is 10.2. The molecule has 1 aromatic heterocycles. The Bertz CT molecular complexity index is 577. The average molecular weight is 250 g/mol. The van der Waals surface area contributed by atoms with Crippen molar-refractivity contribution in [2.24, 2.45) is 0 Å². The minimum Gasteiger partial charge on any atom is -0.460 e. The van der Waals surface area contributed by atoms with Crippen molar-refractivity contribution in [3.63, 3.8) is 0 Å². The second-order valence-electron chi connectivity index (χ2n) is 3.61. The van der Waals surface area contributed by atoms with Gasteiger partial charge in [0.25, 0.3) is 5.82 Å². The molecule has 0 unspecified atom stereocenters. The first-order chi connectivity index (χ1) is 8.71. The zero-order chi connectivity index (χ0) is 13.1. The third kappa shape index (κ3) is 2.02. The summed E-state index contributed by atoms with van der Waals surface area (Å²) in [5.41, 5.74) is 1.94. The van der Waals surface area contributed by atoms with Crippen LogP contribution in [0.3, 0.4) is 0 Å². The summed E-state index contributed by atoms with van der Waals surface area (Å²) < 4.78 is 6.20. The zero-order valence-electron chi connectivity index (χ0n) is 10.2. The van der Waals surface area contributed by atoms with Crippen LogP contribution in [0.15, 0.2) is 18.2 Å². The van der Waals surface area contributed by atoms with E-state index in [-0.39, 0.29) is 19.0 Å². The molecule has 0 radical (unpaired) electrons. The maximum Gasteiger partial charge on any atom is 0.377 e. The molecule has 0 spiro atoms. The maximum absolute atomic E-state index is 11.7. The van der Waals surface area contributed by atoms with Gasteiger partial charge in [0.05, 0.1) is 18.7 Å². The van der Waals surface area contributed by atoms with Crippen LogP contribution in [0.25, 0.3) is 11.0 Å². The van der Waals surface area contributed by atoms with Gasteiger partial charge in [-0.05, 0) is 24.6 Å². The number of hydrogen-bond donors (Lipinski definition) is 1. The van der Waals surface area contributed by atoms with Crippen LogP contribution in [-0.2, 0) is 11.3 Å². The molecule has 0 amide bonds. The number of rotatable bonds is 4. The van der Waals surface area contributed by atoms with Gasteiger partial charge < -0.3 is 14.7 Å². The molecule has 6 heteroatoms. The molecule has 0 bridgehead atoms. The average Bonchev–Trinajstić information content (AvgIpc) is 2.76. The van der Waals surface area contributed by atoms with Crippen molar-refractivity contribution in [3.8, 4) is 0 Å². The maximum atomic E-state index is 11.7. The van der Waals surface area contributed by atoms with Gasteiger partial charge >= 0.3 is 5.97 Å². The van der Waals surface area contributed by atoms with E-state index in [2.05, 4.69) is 4.98 Å². The van der Waals surface area contributed by atoms with Gasteiger partial charge in [0.1, 0.15) is 12.6 Å². The number of benzene rings is 1. The van der Waals surface area contributed by atoms with Gasteiger partial charge in [0.2, 0.25) is 0 Å². The lowest BCUT2D eigenvalue weighted by Gasteiger charge is -2.06. The monoisotopic (exact) mass is 250 g/mol. The van der Waals surface area contributed by atoms with Gasteiger partial charge in [-0.2, -0.15) is 4.73 Å². The first-order valence-corrected chi connectivity index (χ1v) is 5.55. The molecule has 2 rings (SSSR count). The molecule has 0 aliphatic heterocycles. The largest absolute Gasteiger partial charge is 0.460 e. The van der Waals surface area contributed by atoms with Crippen molar-refractivity contribution in [2.45, 2.75) is 13.5 Å². The second kappa shape index (κ2) is 5.05. The van der Waals surface area contributed by atoms with Crippen LogP contribution >= 0.6 is 0 Å². The number of aliphatic hydroxyl groups excluding tert-OH is 1. The summed E-state index contributed by atoms with van der Waals surface area (Å²) in [6, 6.07) is 5.18. The normalized spacial score (nSPS) is 10.6. The molecule has 0 saturated carbocycles. The Morgan fingerprint density at radius 3 is 2.89 bits per heavy atom. The predicted octanol–water partition coefficient (Wildman–Crippen LogP) is 0.764. The quantitative estimate of drug-likeness (QED) is 0.811. The number of carbonyl (C=O) groups is 1. The molecule has 0 atom stereocenters. The molecule has 0 fully saturated rings. The molecule has 2 aromatic rings.